The second kappa shape index (κ2) is 11.8. The molecule has 0 saturated carbocycles. The van der Waals surface area contributed by atoms with Gasteiger partial charge in [0.15, 0.2) is 5.78 Å². The number of aryl methyl sites for hydroxylation is 2. The lowest BCUT2D eigenvalue weighted by Crippen LogP contribution is -2.10. The smallest absolute Gasteiger partial charge is 0.194 e. The Hall–Kier alpha value is -4.37. The molecule has 0 aromatic heterocycles. The lowest BCUT2D eigenvalue weighted by Gasteiger charge is -2.16. The Bertz CT molecular complexity index is 1330. The van der Waals surface area contributed by atoms with Crippen LogP contribution in [0.2, 0.25) is 0 Å². The van der Waals surface area contributed by atoms with Crippen molar-refractivity contribution in [2.45, 2.75) is 13.8 Å². The predicted octanol–water partition coefficient (Wildman–Crippen LogP) is 7.79. The molecule has 0 unspecified atom stereocenters. The van der Waals surface area contributed by atoms with E-state index in [-0.39, 0.29) is 5.78 Å². The molecule has 4 aromatic rings. The molecule has 38 heavy (non-hydrogen) atoms. The van der Waals surface area contributed by atoms with Gasteiger partial charge < -0.3 is 9.80 Å². The molecule has 0 bridgehead atoms. The van der Waals surface area contributed by atoms with Gasteiger partial charge in [0, 0.05) is 50.7 Å². The first-order valence-electron chi connectivity index (χ1n) is 12.9. The molecule has 3 nitrogen and oxygen atoms in total. The Kier molecular flexibility index (Phi) is 8.28. The van der Waals surface area contributed by atoms with Crippen LogP contribution in [0.4, 0.5) is 11.4 Å². The monoisotopic (exact) mass is 500 g/mol. The van der Waals surface area contributed by atoms with Crippen LogP contribution in [0.1, 0.15) is 33.4 Å². The van der Waals surface area contributed by atoms with Crippen LogP contribution >= 0.6 is 0 Å². The minimum atomic E-state index is -0.0126. The van der Waals surface area contributed by atoms with Crippen molar-refractivity contribution in [3.8, 4) is 0 Å². The van der Waals surface area contributed by atoms with E-state index in [2.05, 4.69) is 96.4 Å². The zero-order valence-corrected chi connectivity index (χ0v) is 23.2. The van der Waals surface area contributed by atoms with Crippen LogP contribution in [-0.2, 0) is 4.79 Å². The Morgan fingerprint density at radius 2 is 0.816 bits per heavy atom. The lowest BCUT2D eigenvalue weighted by atomic mass is 9.89. The maximum absolute atomic E-state index is 14.5. The second-order valence-electron chi connectivity index (χ2n) is 10.1. The topological polar surface area (TPSA) is 23.6 Å². The number of allylic oxidation sites excluding steroid dienone is 2. The summed E-state index contributed by atoms with van der Waals surface area (Å²) >= 11 is 0. The van der Waals surface area contributed by atoms with E-state index in [1.165, 1.54) is 11.1 Å². The van der Waals surface area contributed by atoms with Crippen LogP contribution in [-0.4, -0.2) is 34.0 Å². The molecular weight excluding hydrogens is 464 g/mol. The Morgan fingerprint density at radius 3 is 1.11 bits per heavy atom. The van der Waals surface area contributed by atoms with Gasteiger partial charge in [0.05, 0.1) is 0 Å². The number of carbonyl (C=O) groups is 1. The van der Waals surface area contributed by atoms with Gasteiger partial charge in [0.2, 0.25) is 0 Å². The van der Waals surface area contributed by atoms with E-state index in [1.807, 2.05) is 64.6 Å². The standard InChI is InChI=1S/C35H36N2O/c1-25-7-11-27(12-8-25)23-33(29-15-19-31(20-16-29)36(3)4)35(38)34(24-28-13-9-26(2)10-14-28)30-17-21-32(22-18-30)37(5)6/h7-24H,1-6H3. The third-order valence-corrected chi connectivity index (χ3v) is 6.66. The number of hydrogen-bond acceptors (Lipinski definition) is 3. The number of carbonyl (C=O) groups excluding carboxylic acids is 1. The molecule has 4 aromatic carbocycles. The van der Waals surface area contributed by atoms with Crippen LogP contribution < -0.4 is 9.80 Å². The summed E-state index contributed by atoms with van der Waals surface area (Å²) in [5.41, 5.74) is 9.64. The molecule has 0 fully saturated rings. The zero-order chi connectivity index (χ0) is 27.2. The number of hydrogen-bond donors (Lipinski definition) is 0. The van der Waals surface area contributed by atoms with Gasteiger partial charge in [-0.25, -0.2) is 0 Å². The number of benzene rings is 4. The third kappa shape index (κ3) is 6.49. The van der Waals surface area contributed by atoms with Gasteiger partial charge in [-0.15, -0.1) is 0 Å². The third-order valence-electron chi connectivity index (χ3n) is 6.66. The van der Waals surface area contributed by atoms with Crippen molar-refractivity contribution in [1.29, 1.82) is 0 Å². The lowest BCUT2D eigenvalue weighted by molar-refractivity contribution is -0.108. The van der Waals surface area contributed by atoms with E-state index in [9.17, 15) is 4.79 Å². The van der Waals surface area contributed by atoms with Crippen molar-refractivity contribution in [3.63, 3.8) is 0 Å². The maximum atomic E-state index is 14.5. The van der Waals surface area contributed by atoms with E-state index in [1.54, 1.807) is 0 Å². The Morgan fingerprint density at radius 1 is 0.500 bits per heavy atom. The SMILES string of the molecule is Cc1ccc(C=C(C(=O)C(=Cc2ccc(C)cc2)c2ccc(N(C)C)cc2)c2ccc(N(C)C)cc2)cc1. The van der Waals surface area contributed by atoms with E-state index < -0.39 is 0 Å². The molecule has 0 amide bonds. The number of anilines is 2. The summed E-state index contributed by atoms with van der Waals surface area (Å²) in [7, 11) is 8.07. The minimum Gasteiger partial charge on any atom is -0.378 e. The quantitative estimate of drug-likeness (QED) is 0.182. The molecular formula is C35H36N2O. The highest BCUT2D eigenvalue weighted by molar-refractivity contribution is 6.46. The van der Waals surface area contributed by atoms with Crippen LogP contribution in [0.3, 0.4) is 0 Å². The summed E-state index contributed by atoms with van der Waals surface area (Å²) in [6.45, 7) is 4.14. The van der Waals surface area contributed by atoms with Gasteiger partial charge in [-0.2, -0.15) is 0 Å². The van der Waals surface area contributed by atoms with Crippen molar-refractivity contribution < 1.29 is 4.79 Å². The molecule has 0 aliphatic rings. The minimum absolute atomic E-state index is 0.0126. The van der Waals surface area contributed by atoms with Crippen LogP contribution in [0.25, 0.3) is 23.3 Å². The molecule has 0 radical (unpaired) electrons. The van der Waals surface area contributed by atoms with Crippen molar-refractivity contribution in [1.82, 2.24) is 0 Å². The van der Waals surface area contributed by atoms with E-state index in [4.69, 9.17) is 0 Å². The summed E-state index contributed by atoms with van der Waals surface area (Å²) in [4.78, 5) is 18.6. The van der Waals surface area contributed by atoms with Crippen molar-refractivity contribution >= 4 is 40.5 Å². The number of ketones is 1. The summed E-state index contributed by atoms with van der Waals surface area (Å²) in [5, 5.41) is 0. The fourth-order valence-corrected chi connectivity index (χ4v) is 4.24. The largest absolute Gasteiger partial charge is 0.378 e. The van der Waals surface area contributed by atoms with E-state index in [0.717, 1.165) is 33.6 Å². The Balaban J connectivity index is 1.87. The molecule has 0 spiro atoms. The molecule has 3 heteroatoms. The summed E-state index contributed by atoms with van der Waals surface area (Å²) in [6, 6.07) is 32.9. The molecule has 192 valence electrons. The van der Waals surface area contributed by atoms with Crippen molar-refractivity contribution in [3.05, 3.63) is 130 Å². The predicted molar refractivity (Wildman–Crippen MR) is 165 cm³/mol. The van der Waals surface area contributed by atoms with Gasteiger partial charge >= 0.3 is 0 Å². The van der Waals surface area contributed by atoms with Crippen LogP contribution in [0.15, 0.2) is 97.1 Å². The van der Waals surface area contributed by atoms with Crippen molar-refractivity contribution in [2.75, 3.05) is 38.0 Å². The summed E-state index contributed by atoms with van der Waals surface area (Å²) in [6.07, 6.45) is 4.01. The highest BCUT2D eigenvalue weighted by Gasteiger charge is 2.20. The van der Waals surface area contributed by atoms with Gasteiger partial charge in [0.1, 0.15) is 0 Å². The molecule has 0 saturated heterocycles. The molecule has 0 N–H and O–H groups in total. The molecule has 0 aliphatic heterocycles. The molecule has 0 atom stereocenters. The number of Topliss-reactive ketones (excluding diaryl/α,β-unsaturated/α-hetero) is 1. The fraction of sp³-hybridized carbons (Fsp3) is 0.171. The number of nitrogens with zero attached hydrogens (tertiary/aromatic N) is 2. The maximum Gasteiger partial charge on any atom is 0.194 e. The average Bonchev–Trinajstić information content (AvgIpc) is 2.92. The summed E-state index contributed by atoms with van der Waals surface area (Å²) in [5.74, 6) is -0.0126. The van der Waals surface area contributed by atoms with Crippen molar-refractivity contribution in [2.24, 2.45) is 0 Å². The van der Waals surface area contributed by atoms with Gasteiger partial charge in [-0.1, -0.05) is 83.9 Å². The Labute approximate surface area is 227 Å². The first kappa shape index (κ1) is 26.7. The van der Waals surface area contributed by atoms with Crippen LogP contribution in [0, 0.1) is 13.8 Å². The van der Waals surface area contributed by atoms with E-state index >= 15 is 0 Å². The summed E-state index contributed by atoms with van der Waals surface area (Å²) < 4.78 is 0. The van der Waals surface area contributed by atoms with Gasteiger partial charge in [0.25, 0.3) is 0 Å². The first-order chi connectivity index (χ1) is 18.2. The van der Waals surface area contributed by atoms with Crippen LogP contribution in [0.5, 0.6) is 0 Å². The van der Waals surface area contributed by atoms with Gasteiger partial charge in [-0.3, -0.25) is 4.79 Å². The highest BCUT2D eigenvalue weighted by Crippen LogP contribution is 2.31. The molecule has 0 aliphatic carbocycles. The second-order valence-corrected chi connectivity index (χ2v) is 10.1. The zero-order valence-electron chi connectivity index (χ0n) is 23.2. The highest BCUT2D eigenvalue weighted by atomic mass is 16.1. The van der Waals surface area contributed by atoms with Gasteiger partial charge in [-0.05, 0) is 72.5 Å². The first-order valence-corrected chi connectivity index (χ1v) is 12.9. The van der Waals surface area contributed by atoms with E-state index in [0.29, 0.717) is 11.1 Å². The molecule has 4 rings (SSSR count). The normalized spacial score (nSPS) is 11.8. The molecule has 0 heterocycles. The number of rotatable bonds is 8. The average molecular weight is 501 g/mol. The fourth-order valence-electron chi connectivity index (χ4n) is 4.24.